The predicted octanol–water partition coefficient (Wildman–Crippen LogP) is 2.96. The number of amides is 1. The van der Waals surface area contributed by atoms with Gasteiger partial charge < -0.3 is 10.4 Å². The zero-order valence-corrected chi connectivity index (χ0v) is 12.1. The number of hydrogen-bond donors (Lipinski definition) is 2. The number of anilines is 1. The van der Waals surface area contributed by atoms with Crippen LogP contribution in [0.15, 0.2) is 30.3 Å². The molecule has 5 heteroatoms. The Hall–Kier alpha value is -2.69. The van der Waals surface area contributed by atoms with Crippen LogP contribution in [-0.4, -0.2) is 22.0 Å². The van der Waals surface area contributed by atoms with E-state index in [1.807, 2.05) is 6.92 Å². The summed E-state index contributed by atoms with van der Waals surface area (Å²) in [4.78, 5) is 27.4. The molecule has 21 heavy (non-hydrogen) atoms. The van der Waals surface area contributed by atoms with Crippen molar-refractivity contribution >= 4 is 17.6 Å². The van der Waals surface area contributed by atoms with E-state index in [0.717, 1.165) is 5.69 Å². The van der Waals surface area contributed by atoms with E-state index in [1.165, 1.54) is 6.07 Å². The first-order valence-electron chi connectivity index (χ1n) is 6.48. The van der Waals surface area contributed by atoms with Crippen molar-refractivity contribution in [3.8, 4) is 0 Å². The number of pyridine rings is 1. The van der Waals surface area contributed by atoms with Crippen molar-refractivity contribution in [3.63, 3.8) is 0 Å². The van der Waals surface area contributed by atoms with E-state index in [4.69, 9.17) is 5.11 Å². The third-order valence-electron chi connectivity index (χ3n) is 3.18. The van der Waals surface area contributed by atoms with Crippen molar-refractivity contribution in [3.05, 3.63) is 58.4 Å². The molecule has 0 aliphatic carbocycles. The summed E-state index contributed by atoms with van der Waals surface area (Å²) >= 11 is 0. The third kappa shape index (κ3) is 3.25. The molecule has 0 aliphatic rings. The number of aryl methyl sites for hydroxylation is 3. The maximum Gasteiger partial charge on any atom is 0.335 e. The Labute approximate surface area is 122 Å². The highest BCUT2D eigenvalue weighted by Gasteiger charge is 2.12. The quantitative estimate of drug-likeness (QED) is 0.908. The van der Waals surface area contributed by atoms with E-state index in [2.05, 4.69) is 10.3 Å². The molecule has 108 valence electrons. The van der Waals surface area contributed by atoms with Crippen LogP contribution >= 0.6 is 0 Å². The zero-order chi connectivity index (χ0) is 15.6. The maximum atomic E-state index is 12.2. The number of aromatic carboxylic acids is 1. The molecule has 0 bridgehead atoms. The molecular weight excluding hydrogens is 268 g/mol. The summed E-state index contributed by atoms with van der Waals surface area (Å²) in [7, 11) is 0. The molecule has 2 N–H and O–H groups in total. The summed E-state index contributed by atoms with van der Waals surface area (Å²) in [6, 6.07) is 8.20. The average Bonchev–Trinajstić information content (AvgIpc) is 2.37. The number of carbonyl (C=O) groups is 2. The standard InChI is InChI=1S/C16H16N2O3/c1-9-8-12(5-7-13(9)16(20)21)18-15(19)14-6-4-10(2)17-11(14)3/h4-8H,1-3H3,(H,18,19)(H,20,21). The van der Waals surface area contributed by atoms with E-state index < -0.39 is 5.97 Å². The highest BCUT2D eigenvalue weighted by molar-refractivity contribution is 6.05. The SMILES string of the molecule is Cc1ccc(C(=O)Nc2ccc(C(=O)O)c(C)c2)c(C)n1. The number of rotatable bonds is 3. The van der Waals surface area contributed by atoms with Gasteiger partial charge in [0.1, 0.15) is 0 Å². The van der Waals surface area contributed by atoms with Gasteiger partial charge in [-0.3, -0.25) is 9.78 Å². The second kappa shape index (κ2) is 5.75. The van der Waals surface area contributed by atoms with Crippen LogP contribution < -0.4 is 5.32 Å². The van der Waals surface area contributed by atoms with Crippen molar-refractivity contribution in [1.29, 1.82) is 0 Å². The molecule has 1 aromatic carbocycles. The molecule has 0 atom stereocenters. The van der Waals surface area contributed by atoms with Crippen molar-refractivity contribution in [2.45, 2.75) is 20.8 Å². The Bertz CT molecular complexity index is 723. The number of carbonyl (C=O) groups excluding carboxylic acids is 1. The Balaban J connectivity index is 2.23. The second-order valence-corrected chi connectivity index (χ2v) is 4.87. The predicted molar refractivity (Wildman–Crippen MR) is 79.8 cm³/mol. The Morgan fingerprint density at radius 2 is 1.71 bits per heavy atom. The first-order chi connectivity index (χ1) is 9.88. The van der Waals surface area contributed by atoms with Crippen molar-refractivity contribution in [2.24, 2.45) is 0 Å². The Morgan fingerprint density at radius 3 is 2.29 bits per heavy atom. The van der Waals surface area contributed by atoms with Gasteiger partial charge in [-0.2, -0.15) is 0 Å². The molecule has 1 heterocycles. The first-order valence-corrected chi connectivity index (χ1v) is 6.48. The molecule has 0 aliphatic heterocycles. The molecule has 5 nitrogen and oxygen atoms in total. The minimum Gasteiger partial charge on any atom is -0.478 e. The van der Waals surface area contributed by atoms with E-state index in [9.17, 15) is 9.59 Å². The number of aromatic nitrogens is 1. The van der Waals surface area contributed by atoms with Crippen LogP contribution in [0.25, 0.3) is 0 Å². The van der Waals surface area contributed by atoms with E-state index >= 15 is 0 Å². The van der Waals surface area contributed by atoms with Gasteiger partial charge in [0, 0.05) is 11.4 Å². The Morgan fingerprint density at radius 1 is 1.05 bits per heavy atom. The number of carboxylic acid groups (broad SMARTS) is 1. The molecule has 0 saturated carbocycles. The fourth-order valence-electron chi connectivity index (χ4n) is 2.11. The highest BCUT2D eigenvalue weighted by atomic mass is 16.4. The molecular formula is C16H16N2O3. The van der Waals surface area contributed by atoms with Crippen LogP contribution in [0.5, 0.6) is 0 Å². The number of nitrogens with one attached hydrogen (secondary N) is 1. The van der Waals surface area contributed by atoms with Crippen molar-refractivity contribution in [1.82, 2.24) is 4.98 Å². The lowest BCUT2D eigenvalue weighted by molar-refractivity contribution is 0.0696. The maximum absolute atomic E-state index is 12.2. The van der Waals surface area contributed by atoms with Gasteiger partial charge in [0.25, 0.3) is 5.91 Å². The van der Waals surface area contributed by atoms with Crippen molar-refractivity contribution < 1.29 is 14.7 Å². The van der Waals surface area contributed by atoms with E-state index in [1.54, 1.807) is 38.1 Å². The summed E-state index contributed by atoms with van der Waals surface area (Å²) < 4.78 is 0. The van der Waals surface area contributed by atoms with Crippen molar-refractivity contribution in [2.75, 3.05) is 5.32 Å². The molecule has 2 aromatic rings. The van der Waals surface area contributed by atoms with Gasteiger partial charge in [0.15, 0.2) is 0 Å². The number of benzene rings is 1. The molecule has 0 radical (unpaired) electrons. The number of carboxylic acids is 1. The lowest BCUT2D eigenvalue weighted by atomic mass is 10.1. The molecule has 0 unspecified atom stereocenters. The van der Waals surface area contributed by atoms with E-state index in [0.29, 0.717) is 22.5 Å². The minimum absolute atomic E-state index is 0.223. The first kappa shape index (κ1) is 14.7. The lowest BCUT2D eigenvalue weighted by Gasteiger charge is -2.09. The smallest absolute Gasteiger partial charge is 0.335 e. The topological polar surface area (TPSA) is 79.3 Å². The summed E-state index contributed by atoms with van der Waals surface area (Å²) in [5.41, 5.74) is 3.39. The van der Waals surface area contributed by atoms with Gasteiger partial charge in [0.2, 0.25) is 0 Å². The molecule has 1 aromatic heterocycles. The average molecular weight is 284 g/mol. The van der Waals surface area contributed by atoms with Crippen LogP contribution in [0.4, 0.5) is 5.69 Å². The normalized spacial score (nSPS) is 10.2. The molecule has 0 fully saturated rings. The highest BCUT2D eigenvalue weighted by Crippen LogP contribution is 2.17. The Kier molecular flexibility index (Phi) is 4.03. The molecule has 0 saturated heterocycles. The monoisotopic (exact) mass is 284 g/mol. The van der Waals surface area contributed by atoms with Gasteiger partial charge in [0.05, 0.1) is 16.8 Å². The van der Waals surface area contributed by atoms with Crippen LogP contribution in [0.3, 0.4) is 0 Å². The summed E-state index contributed by atoms with van der Waals surface area (Å²) in [5, 5.41) is 11.7. The summed E-state index contributed by atoms with van der Waals surface area (Å²) in [6.07, 6.45) is 0. The summed E-state index contributed by atoms with van der Waals surface area (Å²) in [6.45, 7) is 5.33. The minimum atomic E-state index is -0.982. The zero-order valence-electron chi connectivity index (χ0n) is 12.1. The van der Waals surface area contributed by atoms with Crippen LogP contribution in [-0.2, 0) is 0 Å². The van der Waals surface area contributed by atoms with Gasteiger partial charge in [-0.15, -0.1) is 0 Å². The fourth-order valence-corrected chi connectivity index (χ4v) is 2.11. The second-order valence-electron chi connectivity index (χ2n) is 4.87. The van der Waals surface area contributed by atoms with Crippen LogP contribution in [0.2, 0.25) is 0 Å². The van der Waals surface area contributed by atoms with Gasteiger partial charge in [-0.25, -0.2) is 4.79 Å². The van der Waals surface area contributed by atoms with Crippen LogP contribution in [0.1, 0.15) is 37.7 Å². The lowest BCUT2D eigenvalue weighted by Crippen LogP contribution is -2.14. The van der Waals surface area contributed by atoms with Gasteiger partial charge in [-0.1, -0.05) is 0 Å². The number of nitrogens with zero attached hydrogens (tertiary/aromatic N) is 1. The summed E-state index contributed by atoms with van der Waals surface area (Å²) in [5.74, 6) is -1.24. The molecule has 2 rings (SSSR count). The third-order valence-corrected chi connectivity index (χ3v) is 3.18. The number of hydrogen-bond acceptors (Lipinski definition) is 3. The molecule has 0 spiro atoms. The largest absolute Gasteiger partial charge is 0.478 e. The van der Waals surface area contributed by atoms with Crippen LogP contribution in [0, 0.1) is 20.8 Å². The van der Waals surface area contributed by atoms with Gasteiger partial charge >= 0.3 is 5.97 Å². The molecule has 1 amide bonds. The fraction of sp³-hybridized carbons (Fsp3) is 0.188. The van der Waals surface area contributed by atoms with Gasteiger partial charge in [-0.05, 0) is 56.7 Å². The van der Waals surface area contributed by atoms with E-state index in [-0.39, 0.29) is 11.5 Å².